The van der Waals surface area contributed by atoms with Gasteiger partial charge in [0, 0.05) is 54.6 Å². The van der Waals surface area contributed by atoms with Gasteiger partial charge in [-0.3, -0.25) is 0 Å². The van der Waals surface area contributed by atoms with Gasteiger partial charge in [0.05, 0.1) is 0 Å². The van der Waals surface area contributed by atoms with Gasteiger partial charge in [-0.25, -0.2) is 0 Å². The maximum absolute atomic E-state index is 10.1. The van der Waals surface area contributed by atoms with Gasteiger partial charge in [0.2, 0.25) is 0 Å². The second-order valence-corrected chi connectivity index (χ2v) is 3.51. The van der Waals surface area contributed by atoms with E-state index in [-0.39, 0.29) is 93.9 Å². The predicted octanol–water partition coefficient (Wildman–Crippen LogP) is -5.24. The molecule has 16 heavy (non-hydrogen) atoms. The standard InChI is InChI=1S/2C2H4O2.5H2O.3Pb/c2*1-2(3)4;;;;;;;;/h2*1H3,(H,3,4);5*1H2;;;/q;;;;;;;;;+2/p-2. The molecule has 0 aromatic heterocycles. The van der Waals surface area contributed by atoms with E-state index in [4.69, 9.17) is 0 Å². The van der Waals surface area contributed by atoms with E-state index in [1.165, 1.54) is 13.8 Å². The molecular formula is C4H16O9Pb3. The summed E-state index contributed by atoms with van der Waals surface area (Å²) in [5.41, 5.74) is 0. The Morgan fingerprint density at radius 1 is 0.750 bits per heavy atom. The van der Waals surface area contributed by atoms with Gasteiger partial charge in [-0.1, -0.05) is 0 Å². The molecule has 0 heterocycles. The Morgan fingerprint density at radius 2 is 0.938 bits per heavy atom. The Labute approximate surface area is 146 Å². The van der Waals surface area contributed by atoms with Crippen molar-refractivity contribution >= 4 is 91.7 Å². The van der Waals surface area contributed by atoms with Gasteiger partial charge < -0.3 is 27.4 Å². The summed E-state index contributed by atoms with van der Waals surface area (Å²) in [5, 5.41) is 0. The van der Waals surface area contributed by atoms with Crippen molar-refractivity contribution in [3.8, 4) is 0 Å². The molecule has 0 spiro atoms. The van der Waals surface area contributed by atoms with Crippen molar-refractivity contribution in [2.75, 3.05) is 0 Å². The van der Waals surface area contributed by atoms with Crippen LogP contribution in [0.5, 0.6) is 0 Å². The summed E-state index contributed by atoms with van der Waals surface area (Å²) in [6.07, 6.45) is 0. The third-order valence-corrected chi connectivity index (χ3v) is 3.25. The zero-order valence-electron chi connectivity index (χ0n) is 8.63. The van der Waals surface area contributed by atoms with Crippen LogP contribution in [0.25, 0.3) is 0 Å². The van der Waals surface area contributed by atoms with Crippen LogP contribution in [0.15, 0.2) is 0 Å². The molecule has 0 aliphatic rings. The molecule has 98 valence electrons. The summed E-state index contributed by atoms with van der Waals surface area (Å²) in [5.74, 6) is -0.751. The molecule has 0 aromatic carbocycles. The van der Waals surface area contributed by atoms with Crippen LogP contribution in [0.3, 0.4) is 0 Å². The number of carbonyl (C=O) groups is 2. The van der Waals surface area contributed by atoms with E-state index in [9.17, 15) is 9.59 Å². The van der Waals surface area contributed by atoms with Crippen LogP contribution >= 0.6 is 0 Å². The van der Waals surface area contributed by atoms with Crippen LogP contribution in [0.4, 0.5) is 0 Å². The van der Waals surface area contributed by atoms with Crippen molar-refractivity contribution in [3.05, 3.63) is 0 Å². The van der Waals surface area contributed by atoms with E-state index in [1.807, 2.05) is 0 Å². The van der Waals surface area contributed by atoms with E-state index < -0.39 is 25.1 Å². The minimum Gasteiger partial charge on any atom is -0.412 e. The van der Waals surface area contributed by atoms with Gasteiger partial charge in [0.15, 0.2) is 0 Å². The first-order chi connectivity index (χ1) is 4.13. The zero-order chi connectivity index (χ0) is 7.28. The fourth-order valence-corrected chi connectivity index (χ4v) is 1.21. The third-order valence-electron chi connectivity index (χ3n) is 0.371. The van der Waals surface area contributed by atoms with Crippen LogP contribution in [0, 0.1) is 0 Å². The molecule has 0 aliphatic carbocycles. The van der Waals surface area contributed by atoms with Crippen LogP contribution in [-0.2, 0) is 15.0 Å². The molecule has 0 atom stereocenters. The monoisotopic (exact) mass is 832 g/mol. The summed E-state index contributed by atoms with van der Waals surface area (Å²) in [6, 6.07) is 0. The molecule has 10 N–H and O–H groups in total. The molecule has 12 heteroatoms. The number of hydrogen-bond acceptors (Lipinski definition) is 4. The SMILES string of the molecule is CC(=O)[O][Pb][O]C(C)=O.O.O.O.O.O.[Pb].[Pb]. The first-order valence-corrected chi connectivity index (χ1v) is 5.40. The smallest absolute Gasteiger partial charge is 0 e. The Hall–Kier alpha value is 1.51. The van der Waals surface area contributed by atoms with Crippen molar-refractivity contribution in [3.63, 3.8) is 0 Å². The van der Waals surface area contributed by atoms with Gasteiger partial charge in [-0.05, 0) is 0 Å². The maximum Gasteiger partial charge on any atom is 0 e. The third kappa shape index (κ3) is 57.9. The molecule has 0 saturated carbocycles. The fourth-order valence-electron chi connectivity index (χ4n) is 0.138. The normalized spacial score (nSPS) is 4.62. The summed E-state index contributed by atoms with van der Waals surface area (Å²) >= 11 is -1.82. The second-order valence-electron chi connectivity index (χ2n) is 1.27. The summed E-state index contributed by atoms with van der Waals surface area (Å²) < 4.78 is 8.93. The van der Waals surface area contributed by atoms with E-state index in [1.54, 1.807) is 0 Å². The first-order valence-electron chi connectivity index (χ1n) is 2.22. The molecule has 0 saturated heterocycles. The maximum atomic E-state index is 10.1. The van der Waals surface area contributed by atoms with Crippen molar-refractivity contribution in [2.24, 2.45) is 0 Å². The molecule has 0 bridgehead atoms. The van der Waals surface area contributed by atoms with E-state index in [2.05, 4.69) is 5.37 Å². The number of carbonyl (C=O) groups excluding carboxylic acids is 2. The predicted molar refractivity (Wildman–Crippen MR) is 58.9 cm³/mol. The Morgan fingerprint density at radius 3 is 1.06 bits per heavy atom. The van der Waals surface area contributed by atoms with Gasteiger partial charge in [0.1, 0.15) is 0 Å². The summed E-state index contributed by atoms with van der Waals surface area (Å²) in [4.78, 5) is 20.1. The van der Waals surface area contributed by atoms with Gasteiger partial charge in [0.25, 0.3) is 0 Å². The average Bonchev–Trinajstić information content (AvgIpc) is 1.63. The van der Waals surface area contributed by atoms with Gasteiger partial charge in [-0.2, -0.15) is 0 Å². The minimum atomic E-state index is -1.82. The van der Waals surface area contributed by atoms with E-state index in [0.717, 1.165) is 0 Å². The quantitative estimate of drug-likeness (QED) is 0.250. The number of rotatable bonds is 2. The molecule has 0 rings (SSSR count). The molecule has 0 aromatic rings. The Bertz CT molecular complexity index is 118. The van der Waals surface area contributed by atoms with Crippen molar-refractivity contribution in [1.29, 1.82) is 0 Å². The molecule has 0 amide bonds. The molecule has 10 radical (unpaired) electrons. The van der Waals surface area contributed by atoms with E-state index >= 15 is 0 Å². The molecule has 0 fully saturated rings. The number of hydrogen-bond donors (Lipinski definition) is 0. The van der Waals surface area contributed by atoms with Crippen molar-refractivity contribution < 1.29 is 42.3 Å². The Balaban J connectivity index is -0.0000000152. The molecular weight excluding hydrogens is 814 g/mol. The van der Waals surface area contributed by atoms with E-state index in [0.29, 0.717) is 0 Å². The fraction of sp³-hybridized carbons (Fsp3) is 0.500. The van der Waals surface area contributed by atoms with Gasteiger partial charge >= 0.3 is 65.9 Å². The van der Waals surface area contributed by atoms with Crippen LogP contribution in [0.1, 0.15) is 13.8 Å². The topological polar surface area (TPSA) is 210 Å². The molecule has 0 aliphatic heterocycles. The molecule has 0 unspecified atom stereocenters. The van der Waals surface area contributed by atoms with Crippen LogP contribution in [0.2, 0.25) is 0 Å². The van der Waals surface area contributed by atoms with Crippen LogP contribution in [-0.4, -0.2) is 119 Å². The van der Waals surface area contributed by atoms with Gasteiger partial charge in [-0.15, -0.1) is 0 Å². The minimum absolute atomic E-state index is 0. The second kappa shape index (κ2) is 36.0. The molecule has 9 nitrogen and oxygen atoms in total. The Kier molecular flexibility index (Phi) is 119. The van der Waals surface area contributed by atoms with Crippen molar-refractivity contribution in [1.82, 2.24) is 0 Å². The average molecular weight is 830 g/mol. The first kappa shape index (κ1) is 52.8. The summed E-state index contributed by atoms with van der Waals surface area (Å²) in [7, 11) is 0. The largest absolute Gasteiger partial charge is 0.412 e. The summed E-state index contributed by atoms with van der Waals surface area (Å²) in [6.45, 7) is 2.58. The zero-order valence-corrected chi connectivity index (χ0v) is 20.3. The van der Waals surface area contributed by atoms with Crippen LogP contribution < -0.4 is 0 Å². The van der Waals surface area contributed by atoms with Crippen molar-refractivity contribution in [2.45, 2.75) is 13.8 Å².